The van der Waals surface area contributed by atoms with Gasteiger partial charge in [-0.05, 0) is 65.1 Å². The van der Waals surface area contributed by atoms with Gasteiger partial charge in [-0.25, -0.2) is 4.68 Å². The Bertz CT molecular complexity index is 932. The van der Waals surface area contributed by atoms with Gasteiger partial charge in [-0.3, -0.25) is 4.79 Å². The number of nitrogens with zero attached hydrogens (tertiary/aromatic N) is 4. The second-order valence-corrected chi connectivity index (χ2v) is 8.71. The highest BCUT2D eigenvalue weighted by Crippen LogP contribution is 2.32. The van der Waals surface area contributed by atoms with E-state index in [9.17, 15) is 4.79 Å². The Labute approximate surface area is 178 Å². The maximum absolute atomic E-state index is 12.9. The molecule has 4 rings (SSSR count). The number of carbonyl (C=O) groups excluding carboxylic acids is 1. The van der Waals surface area contributed by atoms with Crippen LogP contribution < -0.4 is 5.32 Å². The molecule has 0 radical (unpaired) electrons. The molecule has 1 fully saturated rings. The Morgan fingerprint density at radius 2 is 1.69 bits per heavy atom. The van der Waals surface area contributed by atoms with Gasteiger partial charge in [-0.2, -0.15) is 0 Å². The summed E-state index contributed by atoms with van der Waals surface area (Å²) in [7, 11) is 0. The van der Waals surface area contributed by atoms with Gasteiger partial charge in [-0.1, -0.05) is 59.5 Å². The molecule has 1 aliphatic carbocycles. The fourth-order valence-corrected chi connectivity index (χ4v) is 4.40. The fraction of sp³-hybridized carbons (Fsp3) is 0.364. The Hall–Kier alpha value is -2.54. The van der Waals surface area contributed by atoms with Crippen molar-refractivity contribution in [3.05, 3.63) is 70.5 Å². The van der Waals surface area contributed by atoms with E-state index in [0.717, 1.165) is 47.8 Å². The van der Waals surface area contributed by atoms with E-state index in [1.165, 1.54) is 12.0 Å². The lowest BCUT2D eigenvalue weighted by Gasteiger charge is -2.38. The van der Waals surface area contributed by atoms with Crippen molar-refractivity contribution >= 4 is 21.8 Å². The molecule has 1 saturated carbocycles. The number of aromatic nitrogens is 4. The van der Waals surface area contributed by atoms with Crippen LogP contribution in [0.5, 0.6) is 0 Å². The van der Waals surface area contributed by atoms with Crippen LogP contribution in [0.1, 0.15) is 43.2 Å². The molecule has 0 saturated heterocycles. The van der Waals surface area contributed by atoms with Crippen molar-refractivity contribution < 1.29 is 4.79 Å². The first kappa shape index (κ1) is 19.8. The van der Waals surface area contributed by atoms with Gasteiger partial charge in [-0.15, -0.1) is 5.10 Å². The number of hydrogen-bond acceptors (Lipinski definition) is 4. The highest BCUT2D eigenvalue weighted by atomic mass is 79.9. The highest BCUT2D eigenvalue weighted by Gasteiger charge is 2.33. The van der Waals surface area contributed by atoms with Gasteiger partial charge in [0.2, 0.25) is 5.91 Å². The number of tetrazole rings is 1. The molecule has 3 aromatic rings. The quantitative estimate of drug-likeness (QED) is 0.611. The number of hydrogen-bond donors (Lipinski definition) is 1. The molecule has 0 aliphatic heterocycles. The smallest absolute Gasteiger partial charge is 0.224 e. The highest BCUT2D eigenvalue weighted by molar-refractivity contribution is 9.10. The summed E-state index contributed by atoms with van der Waals surface area (Å²) in [4.78, 5) is 12.9. The van der Waals surface area contributed by atoms with Gasteiger partial charge >= 0.3 is 0 Å². The molecule has 1 heterocycles. The summed E-state index contributed by atoms with van der Waals surface area (Å²) in [5.74, 6) is 0.0826. The molecule has 7 heteroatoms. The number of carbonyl (C=O) groups is 1. The molecule has 6 nitrogen and oxygen atoms in total. The van der Waals surface area contributed by atoms with E-state index in [4.69, 9.17) is 0 Å². The summed E-state index contributed by atoms with van der Waals surface area (Å²) < 4.78 is 2.67. The lowest BCUT2D eigenvalue weighted by Crippen LogP contribution is -2.51. The second kappa shape index (κ2) is 8.86. The first-order valence-electron chi connectivity index (χ1n) is 10.00. The second-order valence-electron chi connectivity index (χ2n) is 7.79. The van der Waals surface area contributed by atoms with Crippen LogP contribution >= 0.6 is 15.9 Å². The van der Waals surface area contributed by atoms with Crippen molar-refractivity contribution in [2.45, 2.75) is 50.5 Å². The van der Waals surface area contributed by atoms with Gasteiger partial charge in [0.25, 0.3) is 0 Å². The molecule has 0 atom stereocenters. The minimum Gasteiger partial charge on any atom is -0.350 e. The van der Waals surface area contributed by atoms with E-state index >= 15 is 0 Å². The van der Waals surface area contributed by atoms with E-state index in [0.29, 0.717) is 6.42 Å². The van der Waals surface area contributed by atoms with E-state index in [-0.39, 0.29) is 11.4 Å². The lowest BCUT2D eigenvalue weighted by atomic mass is 9.77. The Morgan fingerprint density at radius 1 is 1.00 bits per heavy atom. The summed E-state index contributed by atoms with van der Waals surface area (Å²) in [5.41, 5.74) is 2.98. The van der Waals surface area contributed by atoms with Crippen molar-refractivity contribution in [2.24, 2.45) is 0 Å². The Kier molecular flexibility index (Phi) is 6.04. The average molecular weight is 454 g/mol. The van der Waals surface area contributed by atoms with Gasteiger partial charge in [0, 0.05) is 10.0 Å². The number of benzene rings is 2. The molecular weight excluding hydrogens is 430 g/mol. The van der Waals surface area contributed by atoms with Crippen LogP contribution in [0.15, 0.2) is 59.3 Å². The first-order chi connectivity index (χ1) is 14.1. The topological polar surface area (TPSA) is 72.7 Å². The molecule has 1 amide bonds. The zero-order valence-corrected chi connectivity index (χ0v) is 17.8. The molecule has 2 aromatic carbocycles. The van der Waals surface area contributed by atoms with Crippen LogP contribution in [-0.4, -0.2) is 31.7 Å². The third kappa shape index (κ3) is 5.09. The number of halogens is 1. The monoisotopic (exact) mass is 453 g/mol. The van der Waals surface area contributed by atoms with Crippen molar-refractivity contribution in [1.29, 1.82) is 0 Å². The molecule has 29 heavy (non-hydrogen) atoms. The zero-order valence-electron chi connectivity index (χ0n) is 16.2. The Morgan fingerprint density at radius 3 is 2.34 bits per heavy atom. The minimum atomic E-state index is -0.143. The predicted octanol–water partition coefficient (Wildman–Crippen LogP) is 4.03. The first-order valence-corrected chi connectivity index (χ1v) is 10.8. The third-order valence-corrected chi connectivity index (χ3v) is 6.11. The van der Waals surface area contributed by atoms with E-state index in [2.05, 4.69) is 61.0 Å². The largest absolute Gasteiger partial charge is 0.350 e. The van der Waals surface area contributed by atoms with Crippen LogP contribution in [0.2, 0.25) is 0 Å². The van der Waals surface area contributed by atoms with E-state index in [1.807, 2.05) is 24.3 Å². The molecule has 1 aliphatic rings. The van der Waals surface area contributed by atoms with Crippen LogP contribution in [0.4, 0.5) is 0 Å². The van der Waals surface area contributed by atoms with Crippen LogP contribution in [-0.2, 0) is 17.6 Å². The van der Waals surface area contributed by atoms with Crippen LogP contribution in [0.25, 0.3) is 5.69 Å². The Balaban J connectivity index is 1.43. The molecule has 150 valence electrons. The maximum atomic E-state index is 12.9. The van der Waals surface area contributed by atoms with E-state index in [1.54, 1.807) is 11.0 Å². The fourth-order valence-electron chi connectivity index (χ4n) is 4.14. The molecular formula is C22H24BrN5O. The van der Waals surface area contributed by atoms with Crippen molar-refractivity contribution in [2.75, 3.05) is 0 Å². The molecule has 1 N–H and O–H groups in total. The summed E-state index contributed by atoms with van der Waals surface area (Å²) in [6.45, 7) is 0. The maximum Gasteiger partial charge on any atom is 0.224 e. The van der Waals surface area contributed by atoms with Gasteiger partial charge < -0.3 is 5.32 Å². The van der Waals surface area contributed by atoms with Crippen molar-refractivity contribution in [3.63, 3.8) is 0 Å². The van der Waals surface area contributed by atoms with Crippen molar-refractivity contribution in [3.8, 4) is 5.69 Å². The number of amides is 1. The summed E-state index contributed by atoms with van der Waals surface area (Å²) >= 11 is 3.50. The molecule has 0 unspecified atom stereocenters. The normalized spacial score (nSPS) is 15.8. The molecule has 0 spiro atoms. The average Bonchev–Trinajstić information content (AvgIpc) is 3.26. The van der Waals surface area contributed by atoms with Gasteiger partial charge in [0.05, 0.1) is 12.1 Å². The van der Waals surface area contributed by atoms with Gasteiger partial charge in [0.15, 0.2) is 0 Å². The molecule has 0 bridgehead atoms. The van der Waals surface area contributed by atoms with E-state index < -0.39 is 0 Å². The SMILES string of the molecule is O=C(Cc1ccc(-n2cnnn2)cc1)NC1(Cc2ccc(Br)cc2)CCCCC1. The van der Waals surface area contributed by atoms with Crippen LogP contribution in [0.3, 0.4) is 0 Å². The number of nitrogens with one attached hydrogen (secondary N) is 1. The standard InChI is InChI=1S/C22H24BrN5O/c23-19-8-4-18(5-9-19)15-22(12-2-1-3-13-22)25-21(29)14-17-6-10-20(11-7-17)28-16-24-26-27-28/h4-11,16H,1-3,12-15H2,(H,25,29). The summed E-state index contributed by atoms with van der Waals surface area (Å²) in [5, 5.41) is 14.6. The zero-order chi connectivity index (χ0) is 20.1. The minimum absolute atomic E-state index is 0.0826. The van der Waals surface area contributed by atoms with Crippen LogP contribution in [0, 0.1) is 0 Å². The van der Waals surface area contributed by atoms with Crippen molar-refractivity contribution in [1.82, 2.24) is 25.5 Å². The van der Waals surface area contributed by atoms with Gasteiger partial charge in [0.1, 0.15) is 6.33 Å². The summed E-state index contributed by atoms with van der Waals surface area (Å²) in [6, 6.07) is 16.2. The third-order valence-electron chi connectivity index (χ3n) is 5.59. The number of rotatable bonds is 6. The lowest BCUT2D eigenvalue weighted by molar-refractivity contribution is -0.122. The molecule has 1 aromatic heterocycles. The summed E-state index contributed by atoms with van der Waals surface area (Å²) in [6.07, 6.45) is 8.45. The predicted molar refractivity (Wildman–Crippen MR) is 115 cm³/mol.